The molecular weight excluding hydrogens is 260 g/mol. The van der Waals surface area contributed by atoms with Gasteiger partial charge in [-0.1, -0.05) is 0 Å². The van der Waals surface area contributed by atoms with Crippen molar-refractivity contribution in [3.63, 3.8) is 0 Å². The summed E-state index contributed by atoms with van der Waals surface area (Å²) in [5.74, 6) is 0. The molecule has 0 spiro atoms. The number of hydrogen-bond donors (Lipinski definition) is 5. The first-order valence-electron chi connectivity index (χ1n) is 4.41. The van der Waals surface area contributed by atoms with E-state index in [1.165, 1.54) is 19.0 Å². The van der Waals surface area contributed by atoms with Crippen LogP contribution in [-0.4, -0.2) is 55.3 Å². The van der Waals surface area contributed by atoms with Crippen molar-refractivity contribution in [1.82, 2.24) is 4.90 Å². The lowest BCUT2D eigenvalue weighted by Crippen LogP contribution is -2.28. The van der Waals surface area contributed by atoms with E-state index in [1.807, 2.05) is 0 Å². The standard InChI is InChI=1S/C6H17NO7P2/c1-7(2)5(8)3-4-6(15(9,10)11)16(12,13)14/h5-6,8H,3-4H2,1-2H3,(H2,9,10,11)(H2,12,13,14). The monoisotopic (exact) mass is 277 g/mol. The Labute approximate surface area is 93.2 Å². The molecule has 8 nitrogen and oxygen atoms in total. The molecule has 0 aliphatic rings. The molecule has 16 heavy (non-hydrogen) atoms. The van der Waals surface area contributed by atoms with Gasteiger partial charge >= 0.3 is 15.2 Å². The largest absolute Gasteiger partial charge is 0.378 e. The predicted molar refractivity (Wildman–Crippen MR) is 56.8 cm³/mol. The lowest BCUT2D eigenvalue weighted by atomic mass is 10.3. The second kappa shape index (κ2) is 5.71. The molecule has 0 fully saturated rings. The Balaban J connectivity index is 4.61. The number of nitrogens with zero attached hydrogens (tertiary/aromatic N) is 1. The first kappa shape index (κ1) is 16.2. The third-order valence-electron chi connectivity index (χ3n) is 2.06. The first-order valence-corrected chi connectivity index (χ1v) is 7.77. The van der Waals surface area contributed by atoms with Crippen molar-refractivity contribution in [2.24, 2.45) is 0 Å². The molecule has 0 amide bonds. The Kier molecular flexibility index (Phi) is 5.79. The van der Waals surface area contributed by atoms with Crippen LogP contribution in [0.1, 0.15) is 12.8 Å². The maximum Gasteiger partial charge on any atom is 0.340 e. The maximum atomic E-state index is 10.9. The van der Waals surface area contributed by atoms with E-state index < -0.39 is 33.2 Å². The van der Waals surface area contributed by atoms with E-state index in [-0.39, 0.29) is 6.42 Å². The molecule has 0 aliphatic carbocycles. The van der Waals surface area contributed by atoms with E-state index in [0.29, 0.717) is 0 Å². The van der Waals surface area contributed by atoms with Gasteiger partial charge in [0, 0.05) is 0 Å². The number of aliphatic hydroxyl groups is 1. The second-order valence-corrected chi connectivity index (χ2v) is 7.69. The number of aliphatic hydroxyl groups excluding tert-OH is 1. The van der Waals surface area contributed by atoms with Gasteiger partial charge in [0.15, 0.2) is 5.40 Å². The maximum absolute atomic E-state index is 10.9. The SMILES string of the molecule is CN(C)C(O)CCC(P(=O)(O)O)P(=O)(O)O. The molecule has 98 valence electrons. The molecule has 0 radical (unpaired) electrons. The summed E-state index contributed by atoms with van der Waals surface area (Å²) in [5, 5.41) is 7.28. The normalized spacial score (nSPS) is 15.8. The minimum atomic E-state index is -4.88. The fourth-order valence-corrected chi connectivity index (χ4v) is 3.63. The highest BCUT2D eigenvalue weighted by Gasteiger charge is 2.43. The molecular formula is C6H17NO7P2. The van der Waals surface area contributed by atoms with Gasteiger partial charge in [-0.2, -0.15) is 0 Å². The molecule has 0 saturated heterocycles. The Morgan fingerprint density at radius 2 is 1.38 bits per heavy atom. The van der Waals surface area contributed by atoms with Crippen molar-refractivity contribution >= 4 is 15.2 Å². The summed E-state index contributed by atoms with van der Waals surface area (Å²) in [6.45, 7) is 0. The molecule has 0 aromatic heterocycles. The fraction of sp³-hybridized carbons (Fsp3) is 1.00. The van der Waals surface area contributed by atoms with E-state index in [4.69, 9.17) is 19.6 Å². The molecule has 0 aromatic carbocycles. The van der Waals surface area contributed by atoms with Gasteiger partial charge in [-0.15, -0.1) is 0 Å². The molecule has 1 atom stereocenters. The third-order valence-corrected chi connectivity index (χ3v) is 5.93. The van der Waals surface area contributed by atoms with Crippen LogP contribution < -0.4 is 0 Å². The van der Waals surface area contributed by atoms with E-state index in [0.717, 1.165) is 0 Å². The van der Waals surface area contributed by atoms with Gasteiger partial charge in [0.1, 0.15) is 6.23 Å². The number of rotatable bonds is 6. The predicted octanol–water partition coefficient (Wildman–Crippen LogP) is -0.672. The Hall–Kier alpha value is 0.220. The van der Waals surface area contributed by atoms with E-state index in [1.54, 1.807) is 0 Å². The van der Waals surface area contributed by atoms with E-state index in [2.05, 4.69) is 0 Å². The summed E-state index contributed by atoms with van der Waals surface area (Å²) < 4.78 is 21.7. The van der Waals surface area contributed by atoms with Crippen LogP contribution in [-0.2, 0) is 9.13 Å². The van der Waals surface area contributed by atoms with E-state index in [9.17, 15) is 14.2 Å². The van der Waals surface area contributed by atoms with Gasteiger partial charge in [0.05, 0.1) is 0 Å². The molecule has 10 heteroatoms. The summed E-state index contributed by atoms with van der Waals surface area (Å²) in [6.07, 6.45) is -1.58. The van der Waals surface area contributed by atoms with Gasteiger partial charge in [0.2, 0.25) is 0 Å². The average molecular weight is 277 g/mol. The Bertz CT molecular complexity index is 286. The average Bonchev–Trinajstić information content (AvgIpc) is 1.98. The molecule has 0 bridgehead atoms. The highest BCUT2D eigenvalue weighted by molar-refractivity contribution is 7.70. The third kappa shape index (κ3) is 5.52. The molecule has 1 unspecified atom stereocenters. The van der Waals surface area contributed by atoms with Crippen molar-refractivity contribution in [3.8, 4) is 0 Å². The zero-order chi connectivity index (χ0) is 13.1. The highest BCUT2D eigenvalue weighted by Crippen LogP contribution is 2.61. The minimum Gasteiger partial charge on any atom is -0.378 e. The lowest BCUT2D eigenvalue weighted by molar-refractivity contribution is 0.0320. The summed E-state index contributed by atoms with van der Waals surface area (Å²) >= 11 is 0. The van der Waals surface area contributed by atoms with Crippen molar-refractivity contribution < 1.29 is 33.8 Å². The summed E-state index contributed by atoms with van der Waals surface area (Å²) in [4.78, 5) is 36.5. The molecule has 0 aromatic rings. The highest BCUT2D eigenvalue weighted by atomic mass is 31.2. The smallest absolute Gasteiger partial charge is 0.340 e. The summed E-state index contributed by atoms with van der Waals surface area (Å²) in [5.41, 5.74) is 0. The topological polar surface area (TPSA) is 139 Å². The van der Waals surface area contributed by atoms with Crippen LogP contribution in [0.4, 0.5) is 0 Å². The van der Waals surface area contributed by atoms with Crippen LogP contribution in [0.25, 0.3) is 0 Å². The second-order valence-electron chi connectivity index (χ2n) is 3.68. The van der Waals surface area contributed by atoms with Crippen LogP contribution in [0, 0.1) is 0 Å². The summed E-state index contributed by atoms with van der Waals surface area (Å²) in [7, 11) is -6.68. The van der Waals surface area contributed by atoms with Crippen LogP contribution in [0.3, 0.4) is 0 Å². The molecule has 0 saturated carbocycles. The first-order chi connectivity index (χ1) is 6.96. The molecule has 0 aliphatic heterocycles. The molecule has 0 heterocycles. The summed E-state index contributed by atoms with van der Waals surface area (Å²) in [6, 6.07) is 0. The van der Waals surface area contributed by atoms with Crippen LogP contribution >= 0.6 is 15.2 Å². The molecule has 0 rings (SSSR count). The van der Waals surface area contributed by atoms with Crippen LogP contribution in [0.15, 0.2) is 0 Å². The van der Waals surface area contributed by atoms with Crippen LogP contribution in [0.2, 0.25) is 0 Å². The van der Waals surface area contributed by atoms with E-state index >= 15 is 0 Å². The van der Waals surface area contributed by atoms with Crippen molar-refractivity contribution in [1.29, 1.82) is 0 Å². The Morgan fingerprint density at radius 1 is 1.00 bits per heavy atom. The minimum absolute atomic E-state index is 0.131. The number of hydrogen-bond acceptors (Lipinski definition) is 4. The van der Waals surface area contributed by atoms with Gasteiger partial charge < -0.3 is 24.7 Å². The quantitative estimate of drug-likeness (QED) is 0.318. The Morgan fingerprint density at radius 3 is 1.62 bits per heavy atom. The zero-order valence-electron chi connectivity index (χ0n) is 8.96. The zero-order valence-corrected chi connectivity index (χ0v) is 10.8. The van der Waals surface area contributed by atoms with Crippen LogP contribution in [0.5, 0.6) is 0 Å². The van der Waals surface area contributed by atoms with Gasteiger partial charge in [-0.25, -0.2) is 0 Å². The van der Waals surface area contributed by atoms with Crippen molar-refractivity contribution in [2.45, 2.75) is 24.5 Å². The van der Waals surface area contributed by atoms with Gasteiger partial charge in [-0.3, -0.25) is 14.0 Å². The molecule has 5 N–H and O–H groups in total. The van der Waals surface area contributed by atoms with Crippen molar-refractivity contribution in [3.05, 3.63) is 0 Å². The van der Waals surface area contributed by atoms with Gasteiger partial charge in [-0.05, 0) is 26.9 Å². The lowest BCUT2D eigenvalue weighted by Gasteiger charge is -2.23. The fourth-order valence-electron chi connectivity index (χ4n) is 1.09. The van der Waals surface area contributed by atoms with Crippen molar-refractivity contribution in [2.75, 3.05) is 14.1 Å². The van der Waals surface area contributed by atoms with Gasteiger partial charge in [0.25, 0.3) is 0 Å².